The van der Waals surface area contributed by atoms with E-state index in [-0.39, 0.29) is 10.7 Å². The van der Waals surface area contributed by atoms with E-state index in [1.54, 1.807) is 24.3 Å². The Labute approximate surface area is 185 Å². The largest absolute Gasteiger partial charge is 0.493 e. The molecule has 1 aliphatic rings. The molecule has 30 heavy (non-hydrogen) atoms. The Hall–Kier alpha value is -2.90. The third-order valence-electron chi connectivity index (χ3n) is 4.59. The third kappa shape index (κ3) is 4.32. The van der Waals surface area contributed by atoms with Crippen LogP contribution in [-0.2, 0) is 16.0 Å². The van der Waals surface area contributed by atoms with Gasteiger partial charge in [-0.1, -0.05) is 30.7 Å². The second-order valence-electron chi connectivity index (χ2n) is 6.44. The summed E-state index contributed by atoms with van der Waals surface area (Å²) in [4.78, 5) is 27.0. The van der Waals surface area contributed by atoms with Gasteiger partial charge < -0.3 is 9.47 Å². The van der Waals surface area contributed by atoms with Gasteiger partial charge in [-0.15, -0.1) is 0 Å². The van der Waals surface area contributed by atoms with Crippen LogP contribution in [0.3, 0.4) is 0 Å². The van der Waals surface area contributed by atoms with E-state index in [0.717, 1.165) is 12.0 Å². The van der Waals surface area contributed by atoms with Crippen molar-refractivity contribution in [3.63, 3.8) is 0 Å². The van der Waals surface area contributed by atoms with Gasteiger partial charge in [-0.25, -0.2) is 0 Å². The predicted molar refractivity (Wildman–Crippen MR) is 121 cm³/mol. The van der Waals surface area contributed by atoms with Crippen molar-refractivity contribution in [3.8, 4) is 11.5 Å². The van der Waals surface area contributed by atoms with Crippen LogP contribution in [0.1, 0.15) is 25.0 Å². The number of methoxy groups -OCH3 is 1. The summed E-state index contributed by atoms with van der Waals surface area (Å²) in [5.74, 6) is -0.196. The first-order chi connectivity index (χ1) is 14.4. The van der Waals surface area contributed by atoms with Gasteiger partial charge >= 0.3 is 0 Å². The highest BCUT2D eigenvalue weighted by atomic mass is 35.5. The maximum atomic E-state index is 13.2. The standard InChI is InChI=1S/C22H21ClN2O4S/c1-4-13-6-8-15(9-7-13)25-21(27)16(20(26)24-22(25)30)10-14-11-19(29-5-2)18(28-3)12-17(14)23/h6-12H,4-5H2,1-3H3,(H,24,26,30). The molecule has 156 valence electrons. The number of hydrogen-bond donors (Lipinski definition) is 1. The summed E-state index contributed by atoms with van der Waals surface area (Å²) in [6.07, 6.45) is 2.30. The van der Waals surface area contributed by atoms with E-state index in [1.165, 1.54) is 18.1 Å². The molecule has 0 unspecified atom stereocenters. The van der Waals surface area contributed by atoms with E-state index in [9.17, 15) is 9.59 Å². The lowest BCUT2D eigenvalue weighted by atomic mass is 10.1. The smallest absolute Gasteiger partial charge is 0.270 e. The summed E-state index contributed by atoms with van der Waals surface area (Å²) in [7, 11) is 1.51. The molecule has 2 aromatic rings. The molecule has 0 spiro atoms. The van der Waals surface area contributed by atoms with Gasteiger partial charge in [0.1, 0.15) is 5.57 Å². The molecule has 6 nitrogen and oxygen atoms in total. The maximum Gasteiger partial charge on any atom is 0.270 e. The molecule has 0 atom stereocenters. The quantitative estimate of drug-likeness (QED) is 0.412. The van der Waals surface area contributed by atoms with Crippen molar-refractivity contribution in [1.82, 2.24) is 5.32 Å². The number of hydrogen-bond acceptors (Lipinski definition) is 5. The lowest BCUT2D eigenvalue weighted by Gasteiger charge is -2.29. The molecule has 0 saturated carbocycles. The number of carbonyl (C=O) groups excluding carboxylic acids is 2. The average Bonchev–Trinajstić information content (AvgIpc) is 2.73. The van der Waals surface area contributed by atoms with Crippen LogP contribution in [0.5, 0.6) is 11.5 Å². The van der Waals surface area contributed by atoms with Gasteiger partial charge in [0.25, 0.3) is 11.8 Å². The Kier molecular flexibility index (Phi) is 6.74. The molecule has 0 aliphatic carbocycles. The minimum atomic E-state index is -0.587. The first-order valence-corrected chi connectivity index (χ1v) is 10.2. The molecule has 1 heterocycles. The SMILES string of the molecule is CCOc1cc(C=C2C(=O)NC(=S)N(c3ccc(CC)cc3)C2=O)c(Cl)cc1OC. The van der Waals surface area contributed by atoms with Crippen LogP contribution in [0.15, 0.2) is 42.0 Å². The minimum Gasteiger partial charge on any atom is -0.493 e. The predicted octanol–water partition coefficient (Wildman–Crippen LogP) is 4.14. The zero-order valence-corrected chi connectivity index (χ0v) is 18.4. The number of benzene rings is 2. The summed E-state index contributed by atoms with van der Waals surface area (Å²) < 4.78 is 10.8. The monoisotopic (exact) mass is 444 g/mol. The number of amides is 2. The fourth-order valence-electron chi connectivity index (χ4n) is 3.02. The van der Waals surface area contributed by atoms with Crippen LogP contribution in [0.25, 0.3) is 6.08 Å². The van der Waals surface area contributed by atoms with Crippen molar-refractivity contribution >= 4 is 52.5 Å². The summed E-state index contributed by atoms with van der Waals surface area (Å²) in [5, 5.41) is 2.91. The normalized spacial score (nSPS) is 15.4. The van der Waals surface area contributed by atoms with E-state index >= 15 is 0 Å². The van der Waals surface area contributed by atoms with E-state index in [0.29, 0.717) is 34.4 Å². The molecule has 8 heteroatoms. The minimum absolute atomic E-state index is 0.0298. The van der Waals surface area contributed by atoms with Gasteiger partial charge in [0, 0.05) is 6.07 Å². The second-order valence-corrected chi connectivity index (χ2v) is 7.23. The Bertz CT molecular complexity index is 1030. The number of carbonyl (C=O) groups is 2. The Morgan fingerprint density at radius 1 is 1.13 bits per heavy atom. The summed E-state index contributed by atoms with van der Waals surface area (Å²) in [5.41, 5.74) is 2.07. The fourth-order valence-corrected chi connectivity index (χ4v) is 3.51. The van der Waals surface area contributed by atoms with Crippen LogP contribution in [-0.4, -0.2) is 30.6 Å². The highest BCUT2D eigenvalue weighted by molar-refractivity contribution is 7.80. The molecule has 1 fully saturated rings. The van der Waals surface area contributed by atoms with E-state index in [1.807, 2.05) is 26.0 Å². The van der Waals surface area contributed by atoms with E-state index in [4.69, 9.17) is 33.3 Å². The summed E-state index contributed by atoms with van der Waals surface area (Å²) in [6, 6.07) is 10.6. The average molecular weight is 445 g/mol. The first kappa shape index (κ1) is 21.8. The van der Waals surface area contributed by atoms with Crippen LogP contribution >= 0.6 is 23.8 Å². The van der Waals surface area contributed by atoms with Crippen molar-refractivity contribution < 1.29 is 19.1 Å². The fraction of sp³-hybridized carbons (Fsp3) is 0.227. The highest BCUT2D eigenvalue weighted by Crippen LogP contribution is 2.35. The topological polar surface area (TPSA) is 67.9 Å². The number of ether oxygens (including phenoxy) is 2. The molecule has 3 rings (SSSR count). The zero-order valence-electron chi connectivity index (χ0n) is 16.8. The van der Waals surface area contributed by atoms with Gasteiger partial charge in [0.05, 0.1) is 24.4 Å². The number of nitrogens with one attached hydrogen (secondary N) is 1. The van der Waals surface area contributed by atoms with E-state index in [2.05, 4.69) is 5.32 Å². The van der Waals surface area contributed by atoms with Gasteiger partial charge in [-0.3, -0.25) is 19.8 Å². The van der Waals surface area contributed by atoms with E-state index < -0.39 is 11.8 Å². The van der Waals surface area contributed by atoms with Crippen molar-refractivity contribution in [2.24, 2.45) is 0 Å². The lowest BCUT2D eigenvalue weighted by molar-refractivity contribution is -0.122. The maximum absolute atomic E-state index is 13.2. The van der Waals surface area contributed by atoms with Crippen molar-refractivity contribution in [2.75, 3.05) is 18.6 Å². The van der Waals surface area contributed by atoms with Crippen molar-refractivity contribution in [3.05, 3.63) is 58.1 Å². The molecular formula is C22H21ClN2O4S. The molecular weight excluding hydrogens is 424 g/mol. The summed E-state index contributed by atoms with van der Waals surface area (Å²) in [6.45, 7) is 4.30. The first-order valence-electron chi connectivity index (χ1n) is 9.40. The highest BCUT2D eigenvalue weighted by Gasteiger charge is 2.34. The number of nitrogens with zero attached hydrogens (tertiary/aromatic N) is 1. The number of thiocarbonyl (C=S) groups is 1. The Morgan fingerprint density at radius 2 is 1.83 bits per heavy atom. The Balaban J connectivity index is 2.03. The molecule has 0 bridgehead atoms. The van der Waals surface area contributed by atoms with Crippen LogP contribution in [0.4, 0.5) is 5.69 Å². The number of aryl methyl sites for hydroxylation is 1. The zero-order chi connectivity index (χ0) is 21.8. The molecule has 1 N–H and O–H groups in total. The molecule has 0 radical (unpaired) electrons. The third-order valence-corrected chi connectivity index (χ3v) is 5.20. The lowest BCUT2D eigenvalue weighted by Crippen LogP contribution is -2.54. The van der Waals surface area contributed by atoms with Crippen molar-refractivity contribution in [2.45, 2.75) is 20.3 Å². The van der Waals surface area contributed by atoms with Crippen LogP contribution < -0.4 is 19.7 Å². The van der Waals surface area contributed by atoms with Gasteiger partial charge in [-0.2, -0.15) is 0 Å². The molecule has 2 amide bonds. The number of halogens is 1. The van der Waals surface area contributed by atoms with Crippen LogP contribution in [0.2, 0.25) is 5.02 Å². The molecule has 0 aromatic heterocycles. The molecule has 1 aliphatic heterocycles. The summed E-state index contributed by atoms with van der Waals surface area (Å²) >= 11 is 11.6. The van der Waals surface area contributed by atoms with Gasteiger partial charge in [0.15, 0.2) is 16.6 Å². The molecule has 1 saturated heterocycles. The second kappa shape index (κ2) is 9.28. The van der Waals surface area contributed by atoms with Crippen LogP contribution in [0, 0.1) is 0 Å². The van der Waals surface area contributed by atoms with Gasteiger partial charge in [-0.05, 0) is 61.0 Å². The number of anilines is 1. The van der Waals surface area contributed by atoms with Crippen molar-refractivity contribution in [1.29, 1.82) is 0 Å². The number of rotatable bonds is 6. The molecule has 2 aromatic carbocycles. The van der Waals surface area contributed by atoms with Gasteiger partial charge in [0.2, 0.25) is 0 Å². The Morgan fingerprint density at radius 3 is 2.43 bits per heavy atom.